The molecule has 0 radical (unpaired) electrons. The molecule has 0 amide bonds. The third-order valence-corrected chi connectivity index (χ3v) is 7.13. The van der Waals surface area contributed by atoms with Gasteiger partial charge in [-0.25, -0.2) is 4.79 Å². The second-order valence-electron chi connectivity index (χ2n) is 9.03. The van der Waals surface area contributed by atoms with Crippen molar-refractivity contribution in [2.45, 2.75) is 56.2 Å². The Balaban J connectivity index is 0.000000325. The summed E-state index contributed by atoms with van der Waals surface area (Å²) >= 11 is 0. The molecule has 3 atom stereocenters. The number of phenols is 2. The van der Waals surface area contributed by atoms with Crippen molar-refractivity contribution in [3.8, 4) is 11.5 Å². The summed E-state index contributed by atoms with van der Waals surface area (Å²) in [6.07, 6.45) is 2.33. The van der Waals surface area contributed by atoms with E-state index in [0.717, 1.165) is 24.3 Å². The predicted molar refractivity (Wildman–Crippen MR) is 117 cm³/mol. The number of anilines is 2. The average Bonchev–Trinajstić information content (AvgIpc) is 2.75. The van der Waals surface area contributed by atoms with E-state index in [1.807, 2.05) is 12.1 Å². The minimum Gasteiger partial charge on any atom is -0.508 e. The Morgan fingerprint density at radius 1 is 1.12 bits per heavy atom. The lowest BCUT2D eigenvalue weighted by Gasteiger charge is -2.56. The zero-order valence-corrected chi connectivity index (χ0v) is 18.0. The van der Waals surface area contributed by atoms with E-state index in [1.165, 1.54) is 43.2 Å². The molecule has 0 unspecified atom stereocenters. The number of alkyl halides is 3. The maximum Gasteiger partial charge on any atom is 0.490 e. The highest BCUT2D eigenvalue weighted by Gasteiger charge is 2.51. The molecule has 6 nitrogen and oxygen atoms in total. The molecule has 2 fully saturated rings. The van der Waals surface area contributed by atoms with Gasteiger partial charge in [0.05, 0.1) is 5.69 Å². The van der Waals surface area contributed by atoms with Crippen molar-refractivity contribution in [1.29, 1.82) is 0 Å². The van der Waals surface area contributed by atoms with Crippen LogP contribution in [0.25, 0.3) is 0 Å². The van der Waals surface area contributed by atoms with Gasteiger partial charge in [-0.2, -0.15) is 13.2 Å². The molecular weight excluding hydrogens is 437 g/mol. The molecule has 2 aromatic carbocycles. The molecule has 33 heavy (non-hydrogen) atoms. The number of rotatable bonds is 2. The van der Waals surface area contributed by atoms with E-state index in [9.17, 15) is 23.4 Å². The van der Waals surface area contributed by atoms with Crippen LogP contribution in [0.2, 0.25) is 0 Å². The molecule has 1 saturated carbocycles. The molecule has 5 rings (SSSR count). The second kappa shape index (κ2) is 8.78. The molecule has 2 aliphatic carbocycles. The van der Waals surface area contributed by atoms with E-state index in [2.05, 4.69) is 16.7 Å². The van der Waals surface area contributed by atoms with Gasteiger partial charge in [0.1, 0.15) is 11.5 Å². The van der Waals surface area contributed by atoms with Crippen LogP contribution in [0.15, 0.2) is 36.4 Å². The number of nitrogens with one attached hydrogen (secondary N) is 2. The van der Waals surface area contributed by atoms with Crippen LogP contribution in [-0.4, -0.2) is 40.1 Å². The average molecular weight is 464 g/mol. The Bertz CT molecular complexity index is 1040. The van der Waals surface area contributed by atoms with Gasteiger partial charge in [0.15, 0.2) is 0 Å². The molecule has 1 heterocycles. The third kappa shape index (κ3) is 4.59. The van der Waals surface area contributed by atoms with Crippen molar-refractivity contribution >= 4 is 17.3 Å². The summed E-state index contributed by atoms with van der Waals surface area (Å²) in [5, 5.41) is 34.6. The van der Waals surface area contributed by atoms with Crippen molar-refractivity contribution in [2.24, 2.45) is 5.92 Å². The van der Waals surface area contributed by atoms with Crippen LogP contribution in [0.5, 0.6) is 11.5 Å². The van der Waals surface area contributed by atoms with Crippen LogP contribution in [-0.2, 0) is 16.6 Å². The van der Waals surface area contributed by atoms with Gasteiger partial charge in [0.2, 0.25) is 0 Å². The fourth-order valence-electron chi connectivity index (χ4n) is 5.81. The number of carbonyl (C=O) groups is 1. The Hall–Kier alpha value is -2.94. The molecule has 0 spiro atoms. The van der Waals surface area contributed by atoms with Gasteiger partial charge in [0.25, 0.3) is 0 Å². The van der Waals surface area contributed by atoms with Crippen molar-refractivity contribution in [3.05, 3.63) is 47.5 Å². The molecule has 2 aromatic rings. The van der Waals surface area contributed by atoms with Crippen LogP contribution < -0.4 is 10.6 Å². The first-order valence-corrected chi connectivity index (χ1v) is 11.1. The number of benzene rings is 2. The van der Waals surface area contributed by atoms with Gasteiger partial charge in [-0.05, 0) is 73.5 Å². The van der Waals surface area contributed by atoms with Gasteiger partial charge >= 0.3 is 12.1 Å². The van der Waals surface area contributed by atoms with Crippen molar-refractivity contribution in [3.63, 3.8) is 0 Å². The summed E-state index contributed by atoms with van der Waals surface area (Å²) in [5.41, 5.74) is 4.50. The number of aliphatic carboxylic acids is 1. The van der Waals surface area contributed by atoms with Gasteiger partial charge in [-0.1, -0.05) is 18.9 Å². The predicted octanol–water partition coefficient (Wildman–Crippen LogP) is 4.82. The second-order valence-corrected chi connectivity index (χ2v) is 9.03. The van der Waals surface area contributed by atoms with Crippen LogP contribution in [0, 0.1) is 5.92 Å². The number of carboxylic acid groups (broad SMARTS) is 1. The lowest BCUT2D eigenvalue weighted by Crippen LogP contribution is -2.59. The van der Waals surface area contributed by atoms with E-state index >= 15 is 0 Å². The lowest BCUT2D eigenvalue weighted by atomic mass is 9.53. The number of phenolic OH excluding ortho intramolecular Hbond substituents is 2. The van der Waals surface area contributed by atoms with Gasteiger partial charge in [-0.3, -0.25) is 0 Å². The molecule has 0 aromatic heterocycles. The number of fused-ring (bicyclic) bond motifs is 1. The first-order valence-electron chi connectivity index (χ1n) is 11.1. The zero-order chi connectivity index (χ0) is 23.8. The highest BCUT2D eigenvalue weighted by molar-refractivity contribution is 5.73. The number of piperidine rings is 1. The minimum absolute atomic E-state index is 0.218. The molecule has 5 N–H and O–H groups in total. The van der Waals surface area contributed by atoms with Crippen LogP contribution in [0.1, 0.15) is 43.2 Å². The van der Waals surface area contributed by atoms with Gasteiger partial charge in [-0.15, -0.1) is 0 Å². The fraction of sp³-hybridized carbons (Fsp3) is 0.458. The first-order chi connectivity index (χ1) is 15.6. The molecule has 1 saturated heterocycles. The van der Waals surface area contributed by atoms with Crippen molar-refractivity contribution in [1.82, 2.24) is 5.32 Å². The zero-order valence-electron chi connectivity index (χ0n) is 18.0. The summed E-state index contributed by atoms with van der Waals surface area (Å²) in [6.45, 7) is 1.09. The minimum atomic E-state index is -5.08. The first kappa shape index (κ1) is 23.2. The number of carboxylic acids is 1. The molecule has 3 aliphatic rings. The smallest absolute Gasteiger partial charge is 0.490 e. The SMILES string of the molecule is O=C(O)C(F)(F)F.Oc1cccc(Nc2cc3c(cc2O)[C@]24CCCC[C@@H]2[C@H](C3)NCC4)c1. The largest absolute Gasteiger partial charge is 0.508 e. The quantitative estimate of drug-likeness (QED) is 0.409. The van der Waals surface area contributed by atoms with Crippen LogP contribution in [0.3, 0.4) is 0 Å². The number of hydrogen-bond acceptors (Lipinski definition) is 5. The Morgan fingerprint density at radius 2 is 1.88 bits per heavy atom. The van der Waals surface area contributed by atoms with Crippen LogP contribution in [0.4, 0.5) is 24.5 Å². The Kier molecular flexibility index (Phi) is 6.18. The van der Waals surface area contributed by atoms with Crippen molar-refractivity contribution < 1.29 is 33.3 Å². The fourth-order valence-corrected chi connectivity index (χ4v) is 5.81. The normalized spacial score (nSPS) is 25.7. The third-order valence-electron chi connectivity index (χ3n) is 7.13. The highest BCUT2D eigenvalue weighted by atomic mass is 19.4. The van der Waals surface area contributed by atoms with E-state index in [4.69, 9.17) is 9.90 Å². The molecule has 9 heteroatoms. The standard InChI is InChI=1S/C22H26N2O2.C2HF3O2/c25-16-5-3-4-15(12-16)24-20-11-14-10-19-17-6-1-2-7-22(17,8-9-23-19)18(14)13-21(20)26;3-2(4,5)1(6)7/h3-5,11-13,17,19,23-26H,1-2,6-10H2;(H,6,7)/t17-,19+,22+;/m1./s1. The Labute approximate surface area is 189 Å². The Morgan fingerprint density at radius 3 is 2.58 bits per heavy atom. The summed E-state index contributed by atoms with van der Waals surface area (Å²) in [5.74, 6) is -1.52. The number of halogens is 3. The van der Waals surface area contributed by atoms with Crippen molar-refractivity contribution in [2.75, 3.05) is 11.9 Å². The molecule has 2 bridgehead atoms. The monoisotopic (exact) mass is 464 g/mol. The van der Waals surface area contributed by atoms with Gasteiger partial charge < -0.3 is 26.0 Å². The summed E-state index contributed by atoms with van der Waals surface area (Å²) in [7, 11) is 0. The van der Waals surface area contributed by atoms with Gasteiger partial charge in [0, 0.05) is 23.2 Å². The summed E-state index contributed by atoms with van der Waals surface area (Å²) < 4.78 is 31.7. The molecular formula is C24H27F3N2O4. The summed E-state index contributed by atoms with van der Waals surface area (Å²) in [4.78, 5) is 8.90. The maximum atomic E-state index is 10.7. The lowest BCUT2D eigenvalue weighted by molar-refractivity contribution is -0.192. The number of hydrogen-bond donors (Lipinski definition) is 5. The number of aromatic hydroxyl groups is 2. The van der Waals surface area contributed by atoms with Crippen LogP contribution >= 0.6 is 0 Å². The topological polar surface area (TPSA) is 102 Å². The molecule has 178 valence electrons. The maximum absolute atomic E-state index is 10.7. The molecule has 1 aliphatic heterocycles. The van der Waals surface area contributed by atoms with E-state index in [-0.39, 0.29) is 11.2 Å². The summed E-state index contributed by atoms with van der Waals surface area (Å²) in [6, 6.07) is 11.7. The van der Waals surface area contributed by atoms with E-state index in [1.54, 1.807) is 18.2 Å². The van der Waals surface area contributed by atoms with E-state index < -0.39 is 12.1 Å². The van der Waals surface area contributed by atoms with E-state index in [0.29, 0.717) is 17.7 Å². The highest BCUT2D eigenvalue weighted by Crippen LogP contribution is 2.55.